The minimum absolute atomic E-state index is 0.300. The molecule has 0 radical (unpaired) electrons. The summed E-state index contributed by atoms with van der Waals surface area (Å²) < 4.78 is 0. The van der Waals surface area contributed by atoms with E-state index in [1.807, 2.05) is 0 Å². The molecular weight excluding hydrogens is 206 g/mol. The zero-order valence-electron chi connectivity index (χ0n) is 7.26. The predicted molar refractivity (Wildman–Crippen MR) is 49.8 cm³/mol. The normalized spacial score (nSPS) is 22.4. The highest BCUT2D eigenvalue weighted by molar-refractivity contribution is 6.62. The molecule has 4 nitrogen and oxygen atoms in total. The van der Waals surface area contributed by atoms with Crippen LogP contribution < -0.4 is 5.32 Å². The summed E-state index contributed by atoms with van der Waals surface area (Å²) in [6.45, 7) is 0.675. The average Bonchev–Trinajstić information content (AvgIpc) is 2.23. The van der Waals surface area contributed by atoms with Gasteiger partial charge < -0.3 is 10.4 Å². The molecule has 5 heteroatoms. The largest absolute Gasteiger partial charge is 0.504 e. The van der Waals surface area contributed by atoms with E-state index < -0.39 is 11.6 Å². The molecule has 0 atom stereocenters. The highest BCUT2D eigenvalue weighted by atomic mass is 35.5. The van der Waals surface area contributed by atoms with Gasteiger partial charge in [0.2, 0.25) is 11.6 Å². The number of Topliss-reactive ketones (excluding diaryl/α,β-unsaturated/α-hetero) is 2. The number of hydrogen-bond acceptors (Lipinski definition) is 4. The molecule has 0 fully saturated rings. The molecule has 2 rings (SSSR count). The lowest BCUT2D eigenvalue weighted by Gasteiger charge is -2.23. The lowest BCUT2D eigenvalue weighted by atomic mass is 9.92. The average molecular weight is 214 g/mol. The van der Waals surface area contributed by atoms with Gasteiger partial charge in [-0.05, 0) is 12.8 Å². The standard InChI is InChI=1S/C9H8ClNO3/c10-5-8(13)6-4(2-1-3-11-6)7(12)9(5)14/h11,13H,1-3H2. The van der Waals surface area contributed by atoms with Gasteiger partial charge in [-0.2, -0.15) is 0 Å². The van der Waals surface area contributed by atoms with Crippen LogP contribution in [-0.2, 0) is 9.59 Å². The van der Waals surface area contributed by atoms with Crippen molar-refractivity contribution >= 4 is 23.2 Å². The van der Waals surface area contributed by atoms with Crippen LogP contribution in [-0.4, -0.2) is 23.2 Å². The summed E-state index contributed by atoms with van der Waals surface area (Å²) >= 11 is 5.52. The number of nitrogens with one attached hydrogen (secondary N) is 1. The Labute approximate surface area is 85.2 Å². The van der Waals surface area contributed by atoms with Crippen molar-refractivity contribution in [1.29, 1.82) is 0 Å². The molecule has 74 valence electrons. The lowest BCUT2D eigenvalue weighted by Crippen LogP contribution is -2.33. The van der Waals surface area contributed by atoms with Crippen LogP contribution >= 0.6 is 11.6 Å². The van der Waals surface area contributed by atoms with E-state index in [-0.39, 0.29) is 10.8 Å². The summed E-state index contributed by atoms with van der Waals surface area (Å²) in [6.07, 6.45) is 1.30. The van der Waals surface area contributed by atoms with Crippen LogP contribution in [0.15, 0.2) is 22.1 Å². The van der Waals surface area contributed by atoms with E-state index in [2.05, 4.69) is 5.32 Å². The molecule has 1 aliphatic heterocycles. The Morgan fingerprint density at radius 1 is 1.29 bits per heavy atom. The van der Waals surface area contributed by atoms with E-state index in [1.54, 1.807) is 0 Å². The van der Waals surface area contributed by atoms with Gasteiger partial charge in [-0.3, -0.25) is 9.59 Å². The van der Waals surface area contributed by atoms with Gasteiger partial charge in [-0.25, -0.2) is 0 Å². The number of carbonyl (C=O) groups excluding carboxylic acids is 2. The van der Waals surface area contributed by atoms with Crippen molar-refractivity contribution in [1.82, 2.24) is 5.32 Å². The number of ketones is 2. The highest BCUT2D eigenvalue weighted by Gasteiger charge is 2.35. The van der Waals surface area contributed by atoms with E-state index in [0.29, 0.717) is 24.2 Å². The second-order valence-corrected chi connectivity index (χ2v) is 3.58. The molecule has 0 amide bonds. The van der Waals surface area contributed by atoms with Gasteiger partial charge in [0, 0.05) is 12.1 Å². The fraction of sp³-hybridized carbons (Fsp3) is 0.333. The number of carbonyl (C=O) groups is 2. The van der Waals surface area contributed by atoms with Crippen LogP contribution in [0.4, 0.5) is 0 Å². The van der Waals surface area contributed by atoms with Crippen molar-refractivity contribution in [3.63, 3.8) is 0 Å². The second-order valence-electron chi connectivity index (χ2n) is 3.20. The van der Waals surface area contributed by atoms with Crippen molar-refractivity contribution in [2.24, 2.45) is 0 Å². The number of aliphatic hydroxyl groups excluding tert-OH is 1. The Balaban J connectivity index is 2.56. The molecule has 0 bridgehead atoms. The quantitative estimate of drug-likeness (QED) is 0.461. The van der Waals surface area contributed by atoms with Crippen LogP contribution in [0.2, 0.25) is 0 Å². The lowest BCUT2D eigenvalue weighted by molar-refractivity contribution is -0.132. The third-order valence-corrected chi connectivity index (χ3v) is 2.68. The van der Waals surface area contributed by atoms with Crippen molar-refractivity contribution < 1.29 is 14.7 Å². The molecule has 0 aromatic heterocycles. The summed E-state index contributed by atoms with van der Waals surface area (Å²) in [4.78, 5) is 22.7. The maximum absolute atomic E-state index is 11.4. The van der Waals surface area contributed by atoms with Gasteiger partial charge in [0.25, 0.3) is 0 Å². The third-order valence-electron chi connectivity index (χ3n) is 2.33. The Morgan fingerprint density at radius 2 is 2.00 bits per heavy atom. The summed E-state index contributed by atoms with van der Waals surface area (Å²) in [7, 11) is 0. The minimum Gasteiger partial charge on any atom is -0.504 e. The van der Waals surface area contributed by atoms with Gasteiger partial charge in [-0.15, -0.1) is 0 Å². The second kappa shape index (κ2) is 3.13. The minimum atomic E-state index is -0.813. The van der Waals surface area contributed by atoms with E-state index in [9.17, 15) is 14.7 Å². The van der Waals surface area contributed by atoms with Gasteiger partial charge >= 0.3 is 0 Å². The molecule has 0 aromatic rings. The molecule has 0 unspecified atom stereocenters. The van der Waals surface area contributed by atoms with Crippen LogP contribution in [0.1, 0.15) is 12.8 Å². The Morgan fingerprint density at radius 3 is 2.71 bits per heavy atom. The van der Waals surface area contributed by atoms with Gasteiger partial charge in [0.05, 0.1) is 5.70 Å². The third kappa shape index (κ3) is 1.14. The molecule has 1 heterocycles. The monoisotopic (exact) mass is 213 g/mol. The number of hydrogen-bond donors (Lipinski definition) is 2. The summed E-state index contributed by atoms with van der Waals surface area (Å²) in [5, 5.41) is 12.0. The van der Waals surface area contributed by atoms with Crippen molar-refractivity contribution in [2.45, 2.75) is 12.8 Å². The first-order valence-corrected chi connectivity index (χ1v) is 4.66. The number of allylic oxidation sites excluding steroid dienone is 2. The van der Waals surface area contributed by atoms with E-state index in [4.69, 9.17) is 11.6 Å². The zero-order valence-corrected chi connectivity index (χ0v) is 8.02. The van der Waals surface area contributed by atoms with Gasteiger partial charge in [-0.1, -0.05) is 11.6 Å². The van der Waals surface area contributed by atoms with Crippen molar-refractivity contribution in [3.8, 4) is 0 Å². The maximum atomic E-state index is 11.4. The van der Waals surface area contributed by atoms with E-state index in [1.165, 1.54) is 0 Å². The Kier molecular flexibility index (Phi) is 2.07. The predicted octanol–water partition coefficient (Wildman–Crippen LogP) is 0.784. The molecule has 0 saturated heterocycles. The highest BCUT2D eigenvalue weighted by Crippen LogP contribution is 2.29. The smallest absolute Gasteiger partial charge is 0.248 e. The molecule has 1 aliphatic carbocycles. The SMILES string of the molecule is O=C1C(=O)C2=C(NCCC2)C(O)=C1Cl. The fourth-order valence-corrected chi connectivity index (χ4v) is 1.80. The fourth-order valence-electron chi connectivity index (χ4n) is 1.62. The van der Waals surface area contributed by atoms with Crippen molar-refractivity contribution in [3.05, 3.63) is 22.1 Å². The molecule has 0 spiro atoms. The Hall–Kier alpha value is -1.29. The van der Waals surface area contributed by atoms with Crippen LogP contribution in [0.5, 0.6) is 0 Å². The van der Waals surface area contributed by atoms with E-state index >= 15 is 0 Å². The first-order valence-electron chi connectivity index (χ1n) is 4.28. The molecule has 14 heavy (non-hydrogen) atoms. The summed E-state index contributed by atoms with van der Waals surface area (Å²) in [5.41, 5.74) is 0.675. The molecule has 0 saturated carbocycles. The van der Waals surface area contributed by atoms with E-state index in [0.717, 1.165) is 6.42 Å². The topological polar surface area (TPSA) is 66.4 Å². The van der Waals surface area contributed by atoms with Crippen LogP contribution in [0, 0.1) is 0 Å². The van der Waals surface area contributed by atoms with Crippen LogP contribution in [0.3, 0.4) is 0 Å². The first-order chi connectivity index (χ1) is 6.63. The zero-order chi connectivity index (χ0) is 10.3. The first kappa shape index (κ1) is 9.27. The van der Waals surface area contributed by atoms with Crippen molar-refractivity contribution in [2.75, 3.05) is 6.54 Å². The molecule has 2 aliphatic rings. The number of aliphatic hydroxyl groups is 1. The number of rotatable bonds is 0. The molecule has 2 N–H and O–H groups in total. The maximum Gasteiger partial charge on any atom is 0.248 e. The summed E-state index contributed by atoms with van der Waals surface area (Å²) in [6, 6.07) is 0. The van der Waals surface area contributed by atoms with Gasteiger partial charge in [0.15, 0.2) is 5.76 Å². The Bertz CT molecular complexity index is 387. The molecular formula is C9H8ClNO3. The molecule has 0 aromatic carbocycles. The number of halogens is 1. The van der Waals surface area contributed by atoms with Crippen LogP contribution in [0.25, 0.3) is 0 Å². The summed E-state index contributed by atoms with van der Waals surface area (Å²) in [5.74, 6) is -1.72. The van der Waals surface area contributed by atoms with Gasteiger partial charge in [0.1, 0.15) is 5.03 Å².